The van der Waals surface area contributed by atoms with Crippen molar-refractivity contribution >= 4 is 22.6 Å². The average molecular weight is 497 g/mol. The van der Waals surface area contributed by atoms with Gasteiger partial charge in [-0.25, -0.2) is 4.98 Å². The van der Waals surface area contributed by atoms with Gasteiger partial charge in [-0.1, -0.05) is 6.07 Å². The Bertz CT molecular complexity index is 1430. The minimum absolute atomic E-state index is 0.0538. The van der Waals surface area contributed by atoms with Gasteiger partial charge >= 0.3 is 0 Å². The summed E-state index contributed by atoms with van der Waals surface area (Å²) in [7, 11) is 5.70. The number of fused-ring (bicyclic) bond motifs is 1. The van der Waals surface area contributed by atoms with Gasteiger partial charge in [0, 0.05) is 55.6 Å². The van der Waals surface area contributed by atoms with Crippen molar-refractivity contribution in [3.8, 4) is 11.3 Å². The predicted octanol–water partition coefficient (Wildman–Crippen LogP) is 5.17. The number of benzene rings is 1. The molecule has 0 bridgehead atoms. The van der Waals surface area contributed by atoms with E-state index in [1.54, 1.807) is 25.2 Å². The summed E-state index contributed by atoms with van der Waals surface area (Å²) in [5.41, 5.74) is 14.1. The summed E-state index contributed by atoms with van der Waals surface area (Å²) in [5, 5.41) is 1.11. The quantitative estimate of drug-likeness (QED) is 0.412. The second-order valence-electron chi connectivity index (χ2n) is 10.5. The monoisotopic (exact) mass is 496 g/mol. The van der Waals surface area contributed by atoms with E-state index in [4.69, 9.17) is 5.73 Å². The molecule has 0 radical (unpaired) electrons. The number of amides is 1. The van der Waals surface area contributed by atoms with Crippen LogP contribution in [0.1, 0.15) is 58.9 Å². The van der Waals surface area contributed by atoms with Crippen LogP contribution in [-0.2, 0) is 7.05 Å². The van der Waals surface area contributed by atoms with Gasteiger partial charge in [0.05, 0.1) is 17.6 Å². The van der Waals surface area contributed by atoms with Gasteiger partial charge in [0.15, 0.2) is 0 Å². The molecule has 1 aliphatic heterocycles. The lowest BCUT2D eigenvalue weighted by atomic mass is 9.85. The number of aryl methyl sites for hydroxylation is 2. The highest BCUT2D eigenvalue weighted by molar-refractivity contribution is 5.94. The van der Waals surface area contributed by atoms with Crippen LogP contribution >= 0.6 is 0 Å². The van der Waals surface area contributed by atoms with Crippen molar-refractivity contribution < 1.29 is 4.79 Å². The molecule has 1 fully saturated rings. The summed E-state index contributed by atoms with van der Waals surface area (Å²) in [6.45, 7) is 6.49. The van der Waals surface area contributed by atoms with E-state index in [0.29, 0.717) is 11.6 Å². The fourth-order valence-electron chi connectivity index (χ4n) is 5.74. The molecule has 4 heterocycles. The maximum Gasteiger partial charge on any atom is 0.253 e. The van der Waals surface area contributed by atoms with E-state index in [1.807, 2.05) is 36.5 Å². The van der Waals surface area contributed by atoms with Gasteiger partial charge in [0.1, 0.15) is 5.65 Å². The molecule has 0 spiro atoms. The molecule has 0 unspecified atom stereocenters. The third-order valence-corrected chi connectivity index (χ3v) is 7.90. The molecular formula is C30H36N6O. The number of piperidine rings is 1. The minimum atomic E-state index is 0.0538. The van der Waals surface area contributed by atoms with Crippen molar-refractivity contribution in [2.24, 2.45) is 7.05 Å². The largest absolute Gasteiger partial charge is 0.397 e. The summed E-state index contributed by atoms with van der Waals surface area (Å²) < 4.78 is 2.22. The van der Waals surface area contributed by atoms with E-state index >= 15 is 0 Å². The SMILES string of the molecule is Cc1cc(C(=O)N(C)C)ccc1C1CCN([C@@H](C)c2cc3c(-c4ccc(N)cn4)ccnc3n2C)CC1. The van der Waals surface area contributed by atoms with Gasteiger partial charge in [-0.15, -0.1) is 0 Å². The van der Waals surface area contributed by atoms with Gasteiger partial charge in [-0.2, -0.15) is 0 Å². The van der Waals surface area contributed by atoms with Crippen molar-refractivity contribution in [1.29, 1.82) is 0 Å². The molecule has 1 atom stereocenters. The molecule has 1 amide bonds. The summed E-state index contributed by atoms with van der Waals surface area (Å²) in [6, 6.07) is 14.6. The van der Waals surface area contributed by atoms with Gasteiger partial charge in [0.2, 0.25) is 0 Å². The Hall–Kier alpha value is -3.71. The third kappa shape index (κ3) is 4.71. The number of nitrogens with zero attached hydrogens (tertiary/aromatic N) is 5. The van der Waals surface area contributed by atoms with E-state index in [2.05, 4.69) is 52.5 Å². The van der Waals surface area contributed by atoms with Crippen LogP contribution in [0.4, 0.5) is 5.69 Å². The van der Waals surface area contributed by atoms with Crippen molar-refractivity contribution in [2.45, 2.75) is 38.6 Å². The Labute approximate surface area is 218 Å². The smallest absolute Gasteiger partial charge is 0.253 e. The number of hydrogen-bond donors (Lipinski definition) is 1. The molecule has 0 aliphatic carbocycles. The second kappa shape index (κ2) is 9.98. The standard InChI is InChI=1S/C30H36N6O/c1-19-16-22(30(37)34(3)4)6-8-24(19)21-11-14-36(15-12-21)20(2)28-17-26-25(10-13-32-29(26)35(28)5)27-9-7-23(31)18-33-27/h6-10,13,16-18,20-21H,11-12,14-15,31H2,1-5H3/t20-/m0/s1. The van der Waals surface area contributed by atoms with Crippen LogP contribution in [0.2, 0.25) is 0 Å². The molecule has 1 aliphatic rings. The molecule has 4 aromatic rings. The van der Waals surface area contributed by atoms with Crippen molar-refractivity contribution in [3.63, 3.8) is 0 Å². The lowest BCUT2D eigenvalue weighted by molar-refractivity contribution is 0.0827. The van der Waals surface area contributed by atoms with Gasteiger partial charge in [0.25, 0.3) is 5.91 Å². The number of nitrogen functional groups attached to an aromatic ring is 1. The van der Waals surface area contributed by atoms with E-state index < -0.39 is 0 Å². The molecule has 7 nitrogen and oxygen atoms in total. The van der Waals surface area contributed by atoms with Crippen LogP contribution in [0.3, 0.4) is 0 Å². The Morgan fingerprint density at radius 1 is 1.08 bits per heavy atom. The van der Waals surface area contributed by atoms with Crippen molar-refractivity contribution in [3.05, 3.63) is 77.2 Å². The Balaban J connectivity index is 1.34. The Morgan fingerprint density at radius 2 is 1.84 bits per heavy atom. The van der Waals surface area contributed by atoms with Crippen molar-refractivity contribution in [2.75, 3.05) is 32.9 Å². The van der Waals surface area contributed by atoms with E-state index in [-0.39, 0.29) is 11.9 Å². The summed E-state index contributed by atoms with van der Waals surface area (Å²) in [5.74, 6) is 0.572. The molecular weight excluding hydrogens is 460 g/mol. The normalized spacial score (nSPS) is 15.7. The van der Waals surface area contributed by atoms with Crippen LogP contribution in [0.25, 0.3) is 22.3 Å². The predicted molar refractivity (Wildman–Crippen MR) is 150 cm³/mol. The van der Waals surface area contributed by atoms with Crippen LogP contribution in [0.5, 0.6) is 0 Å². The third-order valence-electron chi connectivity index (χ3n) is 7.90. The highest BCUT2D eigenvalue weighted by atomic mass is 16.2. The zero-order valence-electron chi connectivity index (χ0n) is 22.4. The number of likely N-dealkylation sites (tertiary alicyclic amines) is 1. The molecule has 3 aromatic heterocycles. The maximum absolute atomic E-state index is 12.3. The van der Waals surface area contributed by atoms with Gasteiger partial charge in [-0.3, -0.25) is 14.7 Å². The fourth-order valence-corrected chi connectivity index (χ4v) is 5.74. The van der Waals surface area contributed by atoms with Crippen molar-refractivity contribution in [1.82, 2.24) is 24.3 Å². The first kappa shape index (κ1) is 25.0. The zero-order chi connectivity index (χ0) is 26.3. The van der Waals surface area contributed by atoms with Gasteiger partial charge < -0.3 is 15.2 Å². The summed E-state index contributed by atoms with van der Waals surface area (Å²) in [6.07, 6.45) is 5.77. The molecule has 1 saturated heterocycles. The van der Waals surface area contributed by atoms with E-state index in [1.165, 1.54) is 16.8 Å². The molecule has 37 heavy (non-hydrogen) atoms. The number of nitrogens with two attached hydrogens (primary N) is 1. The molecule has 0 saturated carbocycles. The number of aromatic nitrogens is 3. The lowest BCUT2D eigenvalue weighted by Crippen LogP contribution is -2.35. The first-order valence-electron chi connectivity index (χ1n) is 13.0. The van der Waals surface area contributed by atoms with Crippen LogP contribution in [0, 0.1) is 6.92 Å². The number of anilines is 1. The number of rotatable bonds is 5. The van der Waals surface area contributed by atoms with Crippen LogP contribution < -0.4 is 5.73 Å². The minimum Gasteiger partial charge on any atom is -0.397 e. The number of carbonyl (C=O) groups is 1. The van der Waals surface area contributed by atoms with Gasteiger partial charge in [-0.05, 0) is 93.2 Å². The highest BCUT2D eigenvalue weighted by Crippen LogP contribution is 2.36. The average Bonchev–Trinajstić information content (AvgIpc) is 3.25. The van der Waals surface area contributed by atoms with Crippen LogP contribution in [-0.4, -0.2) is 57.4 Å². The van der Waals surface area contributed by atoms with Crippen LogP contribution in [0.15, 0.2) is 54.9 Å². The second-order valence-corrected chi connectivity index (χ2v) is 10.5. The number of pyridine rings is 2. The Morgan fingerprint density at radius 3 is 2.49 bits per heavy atom. The number of hydrogen-bond acceptors (Lipinski definition) is 5. The first-order valence-corrected chi connectivity index (χ1v) is 13.0. The molecule has 192 valence electrons. The molecule has 2 N–H and O–H groups in total. The highest BCUT2D eigenvalue weighted by Gasteiger charge is 2.27. The maximum atomic E-state index is 12.3. The zero-order valence-corrected chi connectivity index (χ0v) is 22.4. The topological polar surface area (TPSA) is 80.3 Å². The molecule has 1 aromatic carbocycles. The van der Waals surface area contributed by atoms with E-state index in [9.17, 15) is 4.79 Å². The first-order chi connectivity index (χ1) is 17.7. The number of carbonyl (C=O) groups excluding carboxylic acids is 1. The molecule has 7 heteroatoms. The summed E-state index contributed by atoms with van der Waals surface area (Å²) in [4.78, 5) is 25.8. The fraction of sp³-hybridized carbons (Fsp3) is 0.367. The lowest BCUT2D eigenvalue weighted by Gasteiger charge is -2.37. The Kier molecular flexibility index (Phi) is 6.73. The summed E-state index contributed by atoms with van der Waals surface area (Å²) >= 11 is 0. The molecule has 5 rings (SSSR count). The van der Waals surface area contributed by atoms with E-state index in [0.717, 1.165) is 53.8 Å².